The van der Waals surface area contributed by atoms with E-state index in [2.05, 4.69) is 15.0 Å². The van der Waals surface area contributed by atoms with Crippen molar-refractivity contribution in [1.82, 2.24) is 15.0 Å². The summed E-state index contributed by atoms with van der Waals surface area (Å²) >= 11 is 0. The molecule has 0 radical (unpaired) electrons. The molecule has 2 rings (SSSR count). The number of aromatic nitrogens is 3. The first kappa shape index (κ1) is 10.2. The van der Waals surface area contributed by atoms with Crippen molar-refractivity contribution < 1.29 is 9.90 Å². The largest absolute Gasteiger partial charge is 0.478 e. The van der Waals surface area contributed by atoms with Gasteiger partial charge in [0.1, 0.15) is 5.69 Å². The summed E-state index contributed by atoms with van der Waals surface area (Å²) in [6.45, 7) is 1.86. The van der Waals surface area contributed by atoms with Gasteiger partial charge in [0.2, 0.25) is 0 Å². The second kappa shape index (κ2) is 4.06. The molecule has 1 N–H and O–H groups in total. The van der Waals surface area contributed by atoms with Gasteiger partial charge in [-0.2, -0.15) is 0 Å². The lowest BCUT2D eigenvalue weighted by Crippen LogP contribution is -1.98. The molecule has 80 valence electrons. The van der Waals surface area contributed by atoms with Gasteiger partial charge < -0.3 is 5.11 Å². The van der Waals surface area contributed by atoms with Crippen LogP contribution in [-0.4, -0.2) is 26.0 Å². The Balaban J connectivity index is 2.38. The molecule has 0 aliphatic carbocycles. The number of nitrogens with zero attached hydrogens (tertiary/aromatic N) is 3. The van der Waals surface area contributed by atoms with Crippen molar-refractivity contribution in [1.29, 1.82) is 0 Å². The molecule has 0 saturated carbocycles. The van der Waals surface area contributed by atoms with Crippen LogP contribution >= 0.6 is 0 Å². The van der Waals surface area contributed by atoms with Crippen LogP contribution in [0.25, 0.3) is 11.5 Å². The van der Waals surface area contributed by atoms with Gasteiger partial charge in [-0.1, -0.05) is 0 Å². The molecule has 5 nitrogen and oxygen atoms in total. The molecule has 0 amide bonds. The summed E-state index contributed by atoms with van der Waals surface area (Å²) in [6.07, 6.45) is 2.94. The van der Waals surface area contributed by atoms with E-state index >= 15 is 0 Å². The van der Waals surface area contributed by atoms with E-state index in [1.165, 1.54) is 12.3 Å². The maximum atomic E-state index is 10.6. The molecule has 2 heterocycles. The molecule has 2 aromatic heterocycles. The molecule has 0 bridgehead atoms. The summed E-state index contributed by atoms with van der Waals surface area (Å²) in [5, 5.41) is 8.72. The summed E-state index contributed by atoms with van der Waals surface area (Å²) in [6, 6.07) is 4.86. The van der Waals surface area contributed by atoms with Crippen LogP contribution in [0.15, 0.2) is 30.6 Å². The Bertz CT molecular complexity index is 523. The molecule has 0 unspecified atom stereocenters. The van der Waals surface area contributed by atoms with Gasteiger partial charge in [-0.15, -0.1) is 0 Å². The van der Waals surface area contributed by atoms with Gasteiger partial charge in [0.15, 0.2) is 5.82 Å². The molecule has 0 spiro atoms. The molecule has 0 atom stereocenters. The Kier molecular flexibility index (Phi) is 2.59. The number of carbonyl (C=O) groups is 1. The standard InChI is InChI=1S/C11H9N3O2/c1-7-4-5-12-10(14-7)9-3-2-8(6-13-9)11(15)16/h2-6H,1H3,(H,15,16). The predicted molar refractivity (Wildman–Crippen MR) is 57.0 cm³/mol. The number of pyridine rings is 1. The third kappa shape index (κ3) is 2.03. The van der Waals surface area contributed by atoms with Gasteiger partial charge in [0.05, 0.1) is 5.56 Å². The van der Waals surface area contributed by atoms with E-state index in [1.807, 2.05) is 6.92 Å². The highest BCUT2D eigenvalue weighted by molar-refractivity contribution is 5.87. The monoisotopic (exact) mass is 215 g/mol. The fraction of sp³-hybridized carbons (Fsp3) is 0.0909. The first-order chi connectivity index (χ1) is 7.66. The summed E-state index contributed by atoms with van der Waals surface area (Å²) in [5.74, 6) is -0.499. The summed E-state index contributed by atoms with van der Waals surface area (Å²) in [5.41, 5.74) is 1.55. The number of carboxylic acid groups (broad SMARTS) is 1. The zero-order valence-corrected chi connectivity index (χ0v) is 8.58. The van der Waals surface area contributed by atoms with Crippen molar-refractivity contribution in [3.63, 3.8) is 0 Å². The molecular weight excluding hydrogens is 206 g/mol. The van der Waals surface area contributed by atoms with E-state index in [-0.39, 0.29) is 5.56 Å². The molecule has 0 aliphatic heterocycles. The van der Waals surface area contributed by atoms with Crippen molar-refractivity contribution in [2.45, 2.75) is 6.92 Å². The quantitative estimate of drug-likeness (QED) is 0.822. The highest BCUT2D eigenvalue weighted by Crippen LogP contribution is 2.11. The average molecular weight is 215 g/mol. The van der Waals surface area contributed by atoms with Crippen molar-refractivity contribution in [3.8, 4) is 11.5 Å². The third-order valence-electron chi connectivity index (χ3n) is 2.03. The van der Waals surface area contributed by atoms with Crippen molar-refractivity contribution >= 4 is 5.97 Å². The van der Waals surface area contributed by atoms with Gasteiger partial charge >= 0.3 is 5.97 Å². The molecular formula is C11H9N3O2. The first-order valence-corrected chi connectivity index (χ1v) is 4.66. The van der Waals surface area contributed by atoms with Crippen LogP contribution in [-0.2, 0) is 0 Å². The first-order valence-electron chi connectivity index (χ1n) is 4.66. The Labute approximate surface area is 91.8 Å². The van der Waals surface area contributed by atoms with E-state index in [1.54, 1.807) is 18.3 Å². The number of hydrogen-bond donors (Lipinski definition) is 1. The molecule has 0 fully saturated rings. The topological polar surface area (TPSA) is 76.0 Å². The lowest BCUT2D eigenvalue weighted by Gasteiger charge is -2.00. The summed E-state index contributed by atoms with van der Waals surface area (Å²) in [7, 11) is 0. The van der Waals surface area contributed by atoms with Gasteiger partial charge in [-0.3, -0.25) is 4.98 Å². The minimum Gasteiger partial charge on any atom is -0.478 e. The highest BCUT2D eigenvalue weighted by Gasteiger charge is 2.06. The van der Waals surface area contributed by atoms with Crippen LogP contribution in [0.1, 0.15) is 16.1 Å². The fourth-order valence-corrected chi connectivity index (χ4v) is 1.22. The Morgan fingerprint density at radius 3 is 2.62 bits per heavy atom. The predicted octanol–water partition coefficient (Wildman–Crippen LogP) is 1.55. The summed E-state index contributed by atoms with van der Waals surface area (Å²) < 4.78 is 0. The SMILES string of the molecule is Cc1ccnc(-c2ccc(C(=O)O)cn2)n1. The maximum absolute atomic E-state index is 10.6. The van der Waals surface area contributed by atoms with Crippen LogP contribution in [0.2, 0.25) is 0 Å². The minimum atomic E-state index is -0.996. The Morgan fingerprint density at radius 1 is 1.25 bits per heavy atom. The van der Waals surface area contributed by atoms with E-state index in [0.29, 0.717) is 11.5 Å². The van der Waals surface area contributed by atoms with E-state index < -0.39 is 5.97 Å². The second-order valence-electron chi connectivity index (χ2n) is 3.26. The molecule has 2 aromatic rings. The average Bonchev–Trinajstić information content (AvgIpc) is 2.29. The van der Waals surface area contributed by atoms with Crippen LogP contribution in [0.3, 0.4) is 0 Å². The van der Waals surface area contributed by atoms with Gasteiger partial charge in [0, 0.05) is 18.1 Å². The number of rotatable bonds is 2. The smallest absolute Gasteiger partial charge is 0.337 e. The zero-order valence-electron chi connectivity index (χ0n) is 8.58. The van der Waals surface area contributed by atoms with Crippen LogP contribution in [0.5, 0.6) is 0 Å². The lowest BCUT2D eigenvalue weighted by molar-refractivity contribution is 0.0696. The highest BCUT2D eigenvalue weighted by atomic mass is 16.4. The number of hydrogen-bond acceptors (Lipinski definition) is 4. The number of aromatic carboxylic acids is 1. The zero-order chi connectivity index (χ0) is 11.5. The van der Waals surface area contributed by atoms with Crippen molar-refractivity contribution in [2.75, 3.05) is 0 Å². The molecule has 0 saturated heterocycles. The Morgan fingerprint density at radius 2 is 2.06 bits per heavy atom. The number of aryl methyl sites for hydroxylation is 1. The van der Waals surface area contributed by atoms with Crippen LogP contribution in [0, 0.1) is 6.92 Å². The van der Waals surface area contributed by atoms with E-state index in [9.17, 15) is 4.79 Å². The van der Waals surface area contributed by atoms with Crippen LogP contribution in [0.4, 0.5) is 0 Å². The van der Waals surface area contributed by atoms with Crippen molar-refractivity contribution in [2.24, 2.45) is 0 Å². The normalized spacial score (nSPS) is 10.1. The molecule has 16 heavy (non-hydrogen) atoms. The maximum Gasteiger partial charge on any atom is 0.337 e. The van der Waals surface area contributed by atoms with Gasteiger partial charge in [0.25, 0.3) is 0 Å². The Hall–Kier alpha value is -2.30. The fourth-order valence-electron chi connectivity index (χ4n) is 1.22. The number of carboxylic acids is 1. The van der Waals surface area contributed by atoms with Gasteiger partial charge in [-0.05, 0) is 25.1 Å². The van der Waals surface area contributed by atoms with Crippen molar-refractivity contribution in [3.05, 3.63) is 41.9 Å². The van der Waals surface area contributed by atoms with E-state index in [4.69, 9.17) is 5.11 Å². The van der Waals surface area contributed by atoms with Crippen LogP contribution < -0.4 is 0 Å². The second-order valence-corrected chi connectivity index (χ2v) is 3.26. The minimum absolute atomic E-state index is 0.149. The third-order valence-corrected chi connectivity index (χ3v) is 2.03. The molecule has 5 heteroatoms. The molecule has 0 aromatic carbocycles. The summed E-state index contributed by atoms with van der Waals surface area (Å²) in [4.78, 5) is 22.9. The molecule has 0 aliphatic rings. The lowest BCUT2D eigenvalue weighted by atomic mass is 10.2. The van der Waals surface area contributed by atoms with E-state index in [0.717, 1.165) is 5.69 Å². The van der Waals surface area contributed by atoms with Gasteiger partial charge in [-0.25, -0.2) is 14.8 Å².